The van der Waals surface area contributed by atoms with E-state index in [1.807, 2.05) is 0 Å². The van der Waals surface area contributed by atoms with Crippen molar-refractivity contribution in [1.29, 1.82) is 0 Å². The van der Waals surface area contributed by atoms with E-state index < -0.39 is 5.97 Å². The minimum Gasteiger partial charge on any atom is -0.497 e. The lowest BCUT2D eigenvalue weighted by atomic mass is 10.2. The van der Waals surface area contributed by atoms with Crippen LogP contribution >= 0.6 is 11.3 Å². The lowest BCUT2D eigenvalue weighted by Gasteiger charge is -2.21. The lowest BCUT2D eigenvalue weighted by Crippen LogP contribution is -2.32. The third-order valence-electron chi connectivity index (χ3n) is 3.76. The van der Waals surface area contributed by atoms with E-state index in [-0.39, 0.29) is 11.6 Å². The SMILES string of the molecule is CCOC(=O)c1csc(CN(CCCOC)C(=O)c2ccc(OC)cc2)n1. The summed E-state index contributed by atoms with van der Waals surface area (Å²) in [6.45, 7) is 3.44. The summed E-state index contributed by atoms with van der Waals surface area (Å²) in [7, 11) is 3.21. The summed E-state index contributed by atoms with van der Waals surface area (Å²) in [5.74, 6) is 0.130. The largest absolute Gasteiger partial charge is 0.497 e. The molecule has 0 atom stereocenters. The van der Waals surface area contributed by atoms with Crippen LogP contribution in [-0.4, -0.2) is 55.7 Å². The number of methoxy groups -OCH3 is 2. The number of amides is 1. The van der Waals surface area contributed by atoms with Gasteiger partial charge in [0.2, 0.25) is 0 Å². The third kappa shape index (κ3) is 6.04. The number of carbonyl (C=O) groups excluding carboxylic acids is 2. The fourth-order valence-electron chi connectivity index (χ4n) is 2.41. The van der Waals surface area contributed by atoms with Gasteiger partial charge < -0.3 is 19.1 Å². The summed E-state index contributed by atoms with van der Waals surface area (Å²) in [5.41, 5.74) is 0.834. The van der Waals surface area contributed by atoms with Gasteiger partial charge in [0.25, 0.3) is 5.91 Å². The quantitative estimate of drug-likeness (QED) is 0.457. The van der Waals surface area contributed by atoms with Gasteiger partial charge in [-0.25, -0.2) is 9.78 Å². The smallest absolute Gasteiger partial charge is 0.357 e. The first-order chi connectivity index (χ1) is 13.1. The van der Waals surface area contributed by atoms with E-state index in [4.69, 9.17) is 14.2 Å². The maximum Gasteiger partial charge on any atom is 0.357 e. The fourth-order valence-corrected chi connectivity index (χ4v) is 3.19. The molecule has 0 N–H and O–H groups in total. The molecule has 0 aliphatic heterocycles. The highest BCUT2D eigenvalue weighted by Gasteiger charge is 2.19. The highest BCUT2D eigenvalue weighted by molar-refractivity contribution is 7.09. The molecule has 7 nitrogen and oxygen atoms in total. The number of benzene rings is 1. The second kappa shape index (κ2) is 10.6. The van der Waals surface area contributed by atoms with E-state index in [0.717, 1.165) is 0 Å². The third-order valence-corrected chi connectivity index (χ3v) is 4.60. The maximum atomic E-state index is 12.9. The van der Waals surface area contributed by atoms with Crippen LogP contribution in [0.1, 0.15) is 39.2 Å². The molecule has 1 aromatic carbocycles. The van der Waals surface area contributed by atoms with E-state index in [0.29, 0.717) is 49.0 Å². The number of aromatic nitrogens is 1. The first kappa shape index (κ1) is 20.9. The summed E-state index contributed by atoms with van der Waals surface area (Å²) in [4.78, 5) is 30.7. The first-order valence-electron chi connectivity index (χ1n) is 8.62. The molecular formula is C19H24N2O5S. The zero-order valence-electron chi connectivity index (χ0n) is 15.8. The predicted molar refractivity (Wildman–Crippen MR) is 102 cm³/mol. The van der Waals surface area contributed by atoms with Crippen molar-refractivity contribution in [2.24, 2.45) is 0 Å². The summed E-state index contributed by atoms with van der Waals surface area (Å²) in [6.07, 6.45) is 0.703. The molecule has 1 heterocycles. The number of esters is 1. The van der Waals surface area contributed by atoms with Gasteiger partial charge in [-0.05, 0) is 37.6 Å². The van der Waals surface area contributed by atoms with Gasteiger partial charge in [0, 0.05) is 31.2 Å². The van der Waals surface area contributed by atoms with Crippen molar-refractivity contribution in [1.82, 2.24) is 9.88 Å². The second-order valence-corrected chi connectivity index (χ2v) is 6.59. The van der Waals surface area contributed by atoms with Crippen molar-refractivity contribution in [3.63, 3.8) is 0 Å². The highest BCUT2D eigenvalue weighted by atomic mass is 32.1. The molecule has 27 heavy (non-hydrogen) atoms. The van der Waals surface area contributed by atoms with Gasteiger partial charge in [-0.15, -0.1) is 11.3 Å². The molecule has 2 aromatic rings. The van der Waals surface area contributed by atoms with Crippen LogP contribution in [0.15, 0.2) is 29.6 Å². The normalized spacial score (nSPS) is 10.5. The van der Waals surface area contributed by atoms with Crippen LogP contribution in [0.25, 0.3) is 0 Å². The number of rotatable bonds is 10. The minimum absolute atomic E-state index is 0.110. The topological polar surface area (TPSA) is 78.0 Å². The molecule has 0 spiro atoms. The monoisotopic (exact) mass is 392 g/mol. The van der Waals surface area contributed by atoms with Crippen LogP contribution in [-0.2, 0) is 16.0 Å². The van der Waals surface area contributed by atoms with E-state index in [2.05, 4.69) is 4.98 Å². The van der Waals surface area contributed by atoms with Crippen molar-refractivity contribution in [2.45, 2.75) is 19.9 Å². The van der Waals surface area contributed by atoms with Crippen LogP contribution < -0.4 is 4.74 Å². The summed E-state index contributed by atoms with van der Waals surface area (Å²) >= 11 is 1.33. The molecule has 1 amide bonds. The fraction of sp³-hybridized carbons (Fsp3) is 0.421. The number of hydrogen-bond donors (Lipinski definition) is 0. The van der Waals surface area contributed by atoms with E-state index >= 15 is 0 Å². The number of carbonyl (C=O) groups is 2. The Bertz CT molecular complexity index is 745. The van der Waals surface area contributed by atoms with Gasteiger partial charge in [-0.2, -0.15) is 0 Å². The molecule has 8 heteroatoms. The van der Waals surface area contributed by atoms with Crippen molar-refractivity contribution < 1.29 is 23.8 Å². The van der Waals surface area contributed by atoms with Crippen LogP contribution in [0.5, 0.6) is 5.75 Å². The molecule has 1 aromatic heterocycles. The number of thiazole rings is 1. The standard InChI is InChI=1S/C19H24N2O5S/c1-4-26-19(23)16-13-27-17(20-16)12-21(10-5-11-24-2)18(22)14-6-8-15(25-3)9-7-14/h6-9,13H,4-5,10-12H2,1-3H3. The van der Waals surface area contributed by atoms with Gasteiger partial charge in [-0.1, -0.05) is 0 Å². The van der Waals surface area contributed by atoms with E-state index in [1.165, 1.54) is 11.3 Å². The van der Waals surface area contributed by atoms with Gasteiger partial charge in [0.1, 0.15) is 10.8 Å². The summed E-state index contributed by atoms with van der Waals surface area (Å²) < 4.78 is 15.2. The number of nitrogens with zero attached hydrogens (tertiary/aromatic N) is 2. The lowest BCUT2D eigenvalue weighted by molar-refractivity contribution is 0.0520. The van der Waals surface area contributed by atoms with Crippen LogP contribution in [0.4, 0.5) is 0 Å². The Balaban J connectivity index is 2.13. The molecule has 0 aliphatic carbocycles. The maximum absolute atomic E-state index is 12.9. The van der Waals surface area contributed by atoms with Gasteiger partial charge >= 0.3 is 5.97 Å². The van der Waals surface area contributed by atoms with Crippen LogP contribution in [0, 0.1) is 0 Å². The zero-order chi connectivity index (χ0) is 19.6. The van der Waals surface area contributed by atoms with Gasteiger partial charge in [-0.3, -0.25) is 4.79 Å². The molecule has 0 aliphatic rings. The van der Waals surface area contributed by atoms with Crippen LogP contribution in [0.2, 0.25) is 0 Å². The second-order valence-electron chi connectivity index (χ2n) is 5.65. The molecule has 2 rings (SSSR count). The summed E-state index contributed by atoms with van der Waals surface area (Å²) in [5, 5.41) is 2.33. The van der Waals surface area contributed by atoms with Crippen LogP contribution in [0.3, 0.4) is 0 Å². The average Bonchev–Trinajstić information content (AvgIpc) is 3.16. The Morgan fingerprint density at radius 3 is 2.56 bits per heavy atom. The Kier molecular flexibility index (Phi) is 8.22. The Morgan fingerprint density at radius 1 is 1.19 bits per heavy atom. The molecule has 0 fully saturated rings. The first-order valence-corrected chi connectivity index (χ1v) is 9.50. The van der Waals surface area contributed by atoms with Crippen molar-refractivity contribution in [3.05, 3.63) is 45.9 Å². The Labute approximate surface area is 162 Å². The molecular weight excluding hydrogens is 368 g/mol. The molecule has 0 radical (unpaired) electrons. The number of hydrogen-bond acceptors (Lipinski definition) is 7. The van der Waals surface area contributed by atoms with Crippen molar-refractivity contribution in [3.8, 4) is 5.75 Å². The summed E-state index contributed by atoms with van der Waals surface area (Å²) in [6, 6.07) is 6.97. The van der Waals surface area contributed by atoms with E-state index in [9.17, 15) is 9.59 Å². The average molecular weight is 392 g/mol. The molecule has 0 bridgehead atoms. The Hall–Kier alpha value is -2.45. The Morgan fingerprint density at radius 2 is 1.93 bits per heavy atom. The van der Waals surface area contributed by atoms with E-state index in [1.54, 1.807) is 55.7 Å². The molecule has 146 valence electrons. The number of ether oxygens (including phenoxy) is 3. The van der Waals surface area contributed by atoms with Crippen molar-refractivity contribution in [2.75, 3.05) is 34.0 Å². The zero-order valence-corrected chi connectivity index (χ0v) is 16.6. The molecule has 0 unspecified atom stereocenters. The molecule has 0 saturated heterocycles. The van der Waals surface area contributed by atoms with Gasteiger partial charge in [0.05, 0.1) is 20.3 Å². The minimum atomic E-state index is -0.451. The molecule has 0 saturated carbocycles. The highest BCUT2D eigenvalue weighted by Crippen LogP contribution is 2.17. The van der Waals surface area contributed by atoms with Gasteiger partial charge in [0.15, 0.2) is 5.69 Å². The predicted octanol–water partition coefficient (Wildman–Crippen LogP) is 3.01. The van der Waals surface area contributed by atoms with Crippen molar-refractivity contribution >= 4 is 23.2 Å².